The van der Waals surface area contributed by atoms with Gasteiger partial charge >= 0.3 is 5.97 Å². The van der Waals surface area contributed by atoms with Crippen LogP contribution in [0, 0.1) is 13.8 Å². The topological polar surface area (TPSA) is 94.5 Å². The van der Waals surface area contributed by atoms with Crippen LogP contribution in [-0.2, 0) is 16.1 Å². The van der Waals surface area contributed by atoms with E-state index in [0.717, 1.165) is 17.9 Å². The number of carbonyl (C=O) groups is 4. The molecule has 1 unspecified atom stereocenters. The van der Waals surface area contributed by atoms with Crippen LogP contribution < -0.4 is 5.32 Å². The number of ketones is 2. The molecule has 0 bridgehead atoms. The van der Waals surface area contributed by atoms with Gasteiger partial charge in [0.2, 0.25) is 0 Å². The second kappa shape index (κ2) is 8.50. The number of nitrogens with zero attached hydrogens (tertiary/aromatic N) is 1. The van der Waals surface area contributed by atoms with Crippen molar-refractivity contribution in [3.8, 4) is 0 Å². The Hall–Kier alpha value is -4.00. The normalized spacial score (nSPS) is 13.2. The fourth-order valence-electron chi connectivity index (χ4n) is 4.26. The second-order valence-corrected chi connectivity index (χ2v) is 8.00. The van der Waals surface area contributed by atoms with Gasteiger partial charge in [-0.1, -0.05) is 36.4 Å². The summed E-state index contributed by atoms with van der Waals surface area (Å²) in [6, 6.07) is 13.1. The number of benzene rings is 2. The quantitative estimate of drug-likeness (QED) is 0.468. The van der Waals surface area contributed by atoms with E-state index in [1.807, 2.05) is 25.3 Å². The number of esters is 1. The Morgan fingerprint density at radius 1 is 0.970 bits per heavy atom. The highest BCUT2D eigenvalue weighted by Gasteiger charge is 2.32. The number of rotatable bonds is 5. The van der Waals surface area contributed by atoms with Crippen LogP contribution in [0.2, 0.25) is 0 Å². The van der Waals surface area contributed by atoms with E-state index in [1.165, 1.54) is 6.92 Å². The summed E-state index contributed by atoms with van der Waals surface area (Å²) in [7, 11) is 0. The zero-order chi connectivity index (χ0) is 23.9. The number of aryl methyl sites for hydroxylation is 1. The number of carbonyl (C=O) groups excluding carboxylic acids is 4. The smallest absolute Gasteiger partial charge is 0.340 e. The Kier molecular flexibility index (Phi) is 5.72. The maximum Gasteiger partial charge on any atom is 0.340 e. The highest BCUT2D eigenvalue weighted by molar-refractivity contribution is 6.30. The lowest BCUT2D eigenvalue weighted by Crippen LogP contribution is -2.31. The van der Waals surface area contributed by atoms with Crippen LogP contribution in [0.3, 0.4) is 0 Å². The first-order valence-electron chi connectivity index (χ1n) is 10.7. The van der Waals surface area contributed by atoms with Crippen molar-refractivity contribution in [2.45, 2.75) is 40.3 Å². The lowest BCUT2D eigenvalue weighted by molar-refractivity contribution is -0.123. The molecule has 1 aliphatic rings. The minimum Gasteiger partial charge on any atom is -0.449 e. The molecule has 2 aromatic carbocycles. The molecule has 0 aliphatic heterocycles. The van der Waals surface area contributed by atoms with Crippen LogP contribution in [0.25, 0.3) is 0 Å². The summed E-state index contributed by atoms with van der Waals surface area (Å²) in [5, 5.41) is 2.66. The van der Waals surface area contributed by atoms with E-state index in [2.05, 4.69) is 5.32 Å². The van der Waals surface area contributed by atoms with Crippen LogP contribution in [0.15, 0.2) is 48.5 Å². The summed E-state index contributed by atoms with van der Waals surface area (Å²) in [4.78, 5) is 51.5. The lowest BCUT2D eigenvalue weighted by Gasteiger charge is -2.21. The molecule has 1 amide bonds. The van der Waals surface area contributed by atoms with Gasteiger partial charge in [-0.3, -0.25) is 14.4 Å². The highest BCUT2D eigenvalue weighted by Crippen LogP contribution is 2.32. The van der Waals surface area contributed by atoms with Crippen LogP contribution in [0.1, 0.15) is 67.4 Å². The highest BCUT2D eigenvalue weighted by atomic mass is 16.5. The van der Waals surface area contributed by atoms with Gasteiger partial charge in [0, 0.05) is 34.6 Å². The molecule has 1 aliphatic carbocycles. The van der Waals surface area contributed by atoms with Gasteiger partial charge in [-0.05, 0) is 39.8 Å². The van der Waals surface area contributed by atoms with Crippen molar-refractivity contribution < 1.29 is 23.9 Å². The van der Waals surface area contributed by atoms with Crippen LogP contribution in [0.5, 0.6) is 0 Å². The average molecular weight is 444 g/mol. The van der Waals surface area contributed by atoms with Crippen molar-refractivity contribution in [3.05, 3.63) is 87.7 Å². The number of aromatic nitrogens is 1. The first-order chi connectivity index (χ1) is 15.7. The monoisotopic (exact) mass is 444 g/mol. The predicted molar refractivity (Wildman–Crippen MR) is 123 cm³/mol. The molecule has 3 aromatic rings. The summed E-state index contributed by atoms with van der Waals surface area (Å²) in [6.07, 6.45) is -1.11. The van der Waals surface area contributed by atoms with E-state index >= 15 is 0 Å². The minimum atomic E-state index is -1.11. The first-order valence-corrected chi connectivity index (χ1v) is 10.7. The van der Waals surface area contributed by atoms with Crippen molar-refractivity contribution in [1.82, 2.24) is 4.57 Å². The molecule has 0 fully saturated rings. The third-order valence-corrected chi connectivity index (χ3v) is 5.97. The van der Waals surface area contributed by atoms with E-state index in [4.69, 9.17) is 4.74 Å². The van der Waals surface area contributed by atoms with Gasteiger partial charge in [0.25, 0.3) is 5.91 Å². The molecule has 0 saturated heterocycles. The van der Waals surface area contributed by atoms with Gasteiger partial charge in [0.05, 0.1) is 16.8 Å². The van der Waals surface area contributed by atoms with Crippen molar-refractivity contribution in [1.29, 1.82) is 0 Å². The number of amides is 1. The minimum absolute atomic E-state index is 0.138. The van der Waals surface area contributed by atoms with E-state index in [9.17, 15) is 19.2 Å². The van der Waals surface area contributed by atoms with Gasteiger partial charge in [-0.2, -0.15) is 0 Å². The van der Waals surface area contributed by atoms with Gasteiger partial charge in [-0.25, -0.2) is 4.79 Å². The van der Waals surface area contributed by atoms with Crippen LogP contribution in [-0.4, -0.2) is 34.1 Å². The molecule has 1 N–H and O–H groups in total. The largest absolute Gasteiger partial charge is 0.449 e. The molecule has 7 nitrogen and oxygen atoms in total. The third-order valence-electron chi connectivity index (χ3n) is 5.97. The van der Waals surface area contributed by atoms with Gasteiger partial charge in [0.15, 0.2) is 17.7 Å². The predicted octanol–water partition coefficient (Wildman–Crippen LogP) is 4.08. The van der Waals surface area contributed by atoms with Crippen molar-refractivity contribution in [2.75, 3.05) is 5.32 Å². The number of ether oxygens (including phenoxy) is 1. The van der Waals surface area contributed by atoms with E-state index < -0.39 is 18.0 Å². The first kappa shape index (κ1) is 22.2. The lowest BCUT2D eigenvalue weighted by atomic mass is 9.83. The second-order valence-electron chi connectivity index (χ2n) is 8.00. The Morgan fingerprint density at radius 3 is 2.24 bits per heavy atom. The molecule has 0 spiro atoms. The Bertz CT molecular complexity index is 1320. The summed E-state index contributed by atoms with van der Waals surface area (Å²) in [6.45, 7) is 7.89. The Labute approximate surface area is 191 Å². The molecule has 1 heterocycles. The molecule has 0 saturated carbocycles. The fourth-order valence-corrected chi connectivity index (χ4v) is 4.26. The van der Waals surface area contributed by atoms with Crippen LogP contribution >= 0.6 is 0 Å². The number of nitrogens with one attached hydrogen (secondary N) is 1. The van der Waals surface area contributed by atoms with Gasteiger partial charge in [-0.15, -0.1) is 0 Å². The van der Waals surface area contributed by atoms with Crippen LogP contribution in [0.4, 0.5) is 5.69 Å². The van der Waals surface area contributed by atoms with Crippen molar-refractivity contribution in [2.24, 2.45) is 0 Å². The van der Waals surface area contributed by atoms with E-state index in [-0.39, 0.29) is 28.4 Å². The summed E-state index contributed by atoms with van der Waals surface area (Å²) in [5.41, 5.74) is 3.31. The molecule has 33 heavy (non-hydrogen) atoms. The fraction of sp³-hybridized carbons (Fsp3) is 0.231. The standard InChI is InChI=1S/C26H24N2O5/c1-5-28-14(2)13-20(15(28)3)26(32)33-16(4)25(31)27-21-12-8-11-19-22(21)24(30)18-10-7-6-9-17(18)23(19)29/h6-13,16H,5H2,1-4H3,(H,27,31). The summed E-state index contributed by atoms with van der Waals surface area (Å²) in [5.74, 6) is -1.81. The van der Waals surface area contributed by atoms with E-state index in [0.29, 0.717) is 16.7 Å². The molecule has 0 radical (unpaired) electrons. The Morgan fingerprint density at radius 2 is 1.61 bits per heavy atom. The zero-order valence-corrected chi connectivity index (χ0v) is 18.9. The maximum atomic E-state index is 13.1. The molecule has 1 aromatic heterocycles. The zero-order valence-electron chi connectivity index (χ0n) is 18.9. The molecular formula is C26H24N2O5. The molecule has 1 atom stereocenters. The summed E-state index contributed by atoms with van der Waals surface area (Å²) >= 11 is 0. The van der Waals surface area contributed by atoms with E-state index in [1.54, 1.807) is 48.5 Å². The van der Waals surface area contributed by atoms with Gasteiger partial charge < -0.3 is 14.6 Å². The number of hydrogen-bond donors (Lipinski definition) is 1. The number of hydrogen-bond acceptors (Lipinski definition) is 5. The molecular weight excluding hydrogens is 420 g/mol. The van der Waals surface area contributed by atoms with Crippen molar-refractivity contribution >= 4 is 29.1 Å². The number of fused-ring (bicyclic) bond motifs is 2. The number of anilines is 1. The van der Waals surface area contributed by atoms with Crippen molar-refractivity contribution in [3.63, 3.8) is 0 Å². The average Bonchev–Trinajstić information content (AvgIpc) is 3.10. The molecule has 7 heteroatoms. The summed E-state index contributed by atoms with van der Waals surface area (Å²) < 4.78 is 7.38. The third kappa shape index (κ3) is 3.75. The maximum absolute atomic E-state index is 13.1. The SMILES string of the molecule is CCn1c(C)cc(C(=O)OC(C)C(=O)Nc2cccc3c2C(=O)c2ccccc2C3=O)c1C. The Balaban J connectivity index is 1.56. The molecule has 168 valence electrons. The van der Waals surface area contributed by atoms with Gasteiger partial charge in [0.1, 0.15) is 0 Å². The molecule has 4 rings (SSSR count).